The molecule has 2 aliphatic rings. The number of hydrogen-bond acceptors (Lipinski definition) is 4. The summed E-state index contributed by atoms with van der Waals surface area (Å²) in [5.41, 5.74) is 1.06. The number of rotatable bonds is 3. The SMILES string of the molecule is COC1(OC)C=CC(Br)=C[C@@]12OC[C@H](c1ccccc1)O2. The van der Waals surface area contributed by atoms with Crippen LogP contribution in [0.2, 0.25) is 0 Å². The van der Waals surface area contributed by atoms with Crippen molar-refractivity contribution in [1.29, 1.82) is 0 Å². The van der Waals surface area contributed by atoms with Crippen LogP contribution < -0.4 is 0 Å². The minimum absolute atomic E-state index is 0.168. The van der Waals surface area contributed by atoms with E-state index in [1.807, 2.05) is 42.5 Å². The van der Waals surface area contributed by atoms with Crippen molar-refractivity contribution < 1.29 is 18.9 Å². The summed E-state index contributed by atoms with van der Waals surface area (Å²) >= 11 is 3.46. The molecule has 112 valence electrons. The summed E-state index contributed by atoms with van der Waals surface area (Å²) in [6.45, 7) is 0.434. The Morgan fingerprint density at radius 2 is 1.90 bits per heavy atom. The van der Waals surface area contributed by atoms with Crippen molar-refractivity contribution in [2.75, 3.05) is 20.8 Å². The van der Waals surface area contributed by atoms with Gasteiger partial charge in [0.05, 0.1) is 6.61 Å². The minimum Gasteiger partial charge on any atom is -0.345 e. The first kappa shape index (κ1) is 14.9. The zero-order valence-corrected chi connectivity index (χ0v) is 13.5. The van der Waals surface area contributed by atoms with Crippen molar-refractivity contribution in [3.8, 4) is 0 Å². The Labute approximate surface area is 132 Å². The maximum absolute atomic E-state index is 6.21. The van der Waals surface area contributed by atoms with Gasteiger partial charge in [-0.15, -0.1) is 0 Å². The molecule has 5 heteroatoms. The molecular formula is C16H17BrO4. The molecule has 21 heavy (non-hydrogen) atoms. The van der Waals surface area contributed by atoms with Gasteiger partial charge in [0, 0.05) is 18.7 Å². The first-order valence-corrected chi connectivity index (χ1v) is 7.48. The Balaban J connectivity index is 1.95. The van der Waals surface area contributed by atoms with E-state index in [-0.39, 0.29) is 6.10 Å². The Hall–Kier alpha value is -0.980. The van der Waals surface area contributed by atoms with Crippen molar-refractivity contribution in [1.82, 2.24) is 0 Å². The molecule has 1 aliphatic carbocycles. The largest absolute Gasteiger partial charge is 0.345 e. The summed E-state index contributed by atoms with van der Waals surface area (Å²) in [5, 5.41) is 0. The average Bonchev–Trinajstić information content (AvgIpc) is 2.94. The topological polar surface area (TPSA) is 36.9 Å². The van der Waals surface area contributed by atoms with Gasteiger partial charge < -0.3 is 18.9 Å². The lowest BCUT2D eigenvalue weighted by Gasteiger charge is -2.42. The Kier molecular flexibility index (Phi) is 4.03. The van der Waals surface area contributed by atoms with Crippen LogP contribution in [0, 0.1) is 0 Å². The molecule has 1 aromatic rings. The van der Waals surface area contributed by atoms with Gasteiger partial charge in [-0.2, -0.15) is 0 Å². The fraction of sp³-hybridized carbons (Fsp3) is 0.375. The number of allylic oxidation sites excluding steroid dienone is 2. The third-order valence-electron chi connectivity index (χ3n) is 3.82. The number of halogens is 1. The van der Waals surface area contributed by atoms with Crippen molar-refractivity contribution in [3.63, 3.8) is 0 Å². The van der Waals surface area contributed by atoms with Gasteiger partial charge in [0.1, 0.15) is 6.10 Å². The van der Waals surface area contributed by atoms with Crippen molar-refractivity contribution in [2.45, 2.75) is 17.7 Å². The first-order chi connectivity index (χ1) is 10.1. The molecule has 3 rings (SSSR count). The highest BCUT2D eigenvalue weighted by Gasteiger charge is 2.59. The number of hydrogen-bond donors (Lipinski definition) is 0. The third-order valence-corrected chi connectivity index (χ3v) is 4.31. The van der Waals surface area contributed by atoms with Crippen molar-refractivity contribution in [3.05, 3.63) is 58.6 Å². The van der Waals surface area contributed by atoms with Crippen LogP contribution in [0.25, 0.3) is 0 Å². The van der Waals surface area contributed by atoms with E-state index in [9.17, 15) is 0 Å². The van der Waals surface area contributed by atoms with Crippen LogP contribution in [0.1, 0.15) is 11.7 Å². The van der Waals surface area contributed by atoms with E-state index in [1.165, 1.54) is 0 Å². The Morgan fingerprint density at radius 1 is 1.19 bits per heavy atom. The van der Waals surface area contributed by atoms with Crippen LogP contribution >= 0.6 is 15.9 Å². The molecular weight excluding hydrogens is 336 g/mol. The third kappa shape index (κ3) is 2.39. The van der Waals surface area contributed by atoms with Gasteiger partial charge in [0.15, 0.2) is 0 Å². The van der Waals surface area contributed by atoms with Crippen LogP contribution in [0.5, 0.6) is 0 Å². The summed E-state index contributed by atoms with van der Waals surface area (Å²) < 4.78 is 24.2. The predicted molar refractivity (Wildman–Crippen MR) is 81.9 cm³/mol. The van der Waals surface area contributed by atoms with Crippen LogP contribution in [-0.2, 0) is 18.9 Å². The first-order valence-electron chi connectivity index (χ1n) is 6.69. The second-order valence-corrected chi connectivity index (χ2v) is 5.85. The lowest BCUT2D eigenvalue weighted by Crippen LogP contribution is -2.56. The molecule has 1 saturated heterocycles. The number of methoxy groups -OCH3 is 2. The van der Waals surface area contributed by atoms with Crippen LogP contribution in [0.3, 0.4) is 0 Å². The molecule has 4 nitrogen and oxygen atoms in total. The zero-order chi connectivity index (χ0) is 14.9. The van der Waals surface area contributed by atoms with Crippen LogP contribution in [0.4, 0.5) is 0 Å². The van der Waals surface area contributed by atoms with E-state index in [2.05, 4.69) is 15.9 Å². The predicted octanol–water partition coefficient (Wildman–Crippen LogP) is 3.31. The number of benzene rings is 1. The fourth-order valence-corrected chi connectivity index (χ4v) is 3.14. The molecule has 1 spiro atoms. The molecule has 0 bridgehead atoms. The highest BCUT2D eigenvalue weighted by atomic mass is 79.9. The second kappa shape index (κ2) is 5.66. The molecule has 2 atom stereocenters. The van der Waals surface area contributed by atoms with E-state index in [0.29, 0.717) is 6.61 Å². The van der Waals surface area contributed by atoms with Gasteiger partial charge in [-0.05, 0) is 23.8 Å². The van der Waals surface area contributed by atoms with Crippen LogP contribution in [0.15, 0.2) is 53.0 Å². The zero-order valence-electron chi connectivity index (χ0n) is 11.9. The van der Waals surface area contributed by atoms with E-state index < -0.39 is 11.6 Å². The summed E-state index contributed by atoms with van der Waals surface area (Å²) in [5.74, 6) is -2.21. The van der Waals surface area contributed by atoms with E-state index in [0.717, 1.165) is 10.0 Å². The highest BCUT2D eigenvalue weighted by Crippen LogP contribution is 2.47. The van der Waals surface area contributed by atoms with Crippen molar-refractivity contribution in [2.24, 2.45) is 0 Å². The van der Waals surface area contributed by atoms with E-state index in [1.54, 1.807) is 20.3 Å². The molecule has 1 aromatic carbocycles. The molecule has 0 aromatic heterocycles. The minimum atomic E-state index is -1.11. The molecule has 0 radical (unpaired) electrons. The maximum atomic E-state index is 6.21. The fourth-order valence-electron chi connectivity index (χ4n) is 2.71. The lowest BCUT2D eigenvalue weighted by molar-refractivity contribution is -0.328. The van der Waals surface area contributed by atoms with Gasteiger partial charge >= 0.3 is 0 Å². The Morgan fingerprint density at radius 3 is 2.57 bits per heavy atom. The Bertz CT molecular complexity index is 565. The average molecular weight is 353 g/mol. The summed E-state index contributed by atoms with van der Waals surface area (Å²) in [7, 11) is 3.15. The smallest absolute Gasteiger partial charge is 0.250 e. The van der Waals surface area contributed by atoms with Gasteiger partial charge in [-0.3, -0.25) is 0 Å². The summed E-state index contributed by atoms with van der Waals surface area (Å²) in [4.78, 5) is 0. The lowest BCUT2D eigenvalue weighted by atomic mass is 9.99. The molecule has 0 saturated carbocycles. The molecule has 1 fully saturated rings. The quantitative estimate of drug-likeness (QED) is 0.782. The normalized spacial score (nSPS) is 30.6. The van der Waals surface area contributed by atoms with Gasteiger partial charge in [-0.25, -0.2) is 0 Å². The van der Waals surface area contributed by atoms with Gasteiger partial charge in [0.2, 0.25) is 11.6 Å². The summed E-state index contributed by atoms with van der Waals surface area (Å²) in [6, 6.07) is 9.98. The van der Waals surface area contributed by atoms with Gasteiger partial charge in [-0.1, -0.05) is 46.3 Å². The van der Waals surface area contributed by atoms with Crippen molar-refractivity contribution >= 4 is 15.9 Å². The standard InChI is InChI=1S/C16H17BrO4/c1-18-15(19-2)9-8-13(17)10-16(15)20-11-14(21-16)12-6-4-3-5-7-12/h3-10,14H,11H2,1-2H3/t14-,16+/m1/s1. The molecule has 0 unspecified atom stereocenters. The maximum Gasteiger partial charge on any atom is 0.250 e. The molecule has 1 aliphatic heterocycles. The van der Waals surface area contributed by atoms with E-state index in [4.69, 9.17) is 18.9 Å². The molecule has 1 heterocycles. The van der Waals surface area contributed by atoms with E-state index >= 15 is 0 Å². The number of ether oxygens (including phenoxy) is 4. The summed E-state index contributed by atoms with van der Waals surface area (Å²) in [6.07, 6.45) is 5.33. The molecule has 0 amide bonds. The monoisotopic (exact) mass is 352 g/mol. The van der Waals surface area contributed by atoms with Crippen LogP contribution in [-0.4, -0.2) is 32.4 Å². The molecule has 0 N–H and O–H groups in total. The second-order valence-electron chi connectivity index (χ2n) is 4.93. The highest BCUT2D eigenvalue weighted by molar-refractivity contribution is 9.11. The van der Waals surface area contributed by atoms with Gasteiger partial charge in [0.25, 0.3) is 0 Å².